The third-order valence-corrected chi connectivity index (χ3v) is 7.65. The maximum absolute atomic E-state index is 12.9. The molecule has 1 saturated heterocycles. The molecular formula is C19H17N3O6S2. The summed E-state index contributed by atoms with van der Waals surface area (Å²) < 4.78 is 43.6. The molecule has 5 rings (SSSR count). The molecule has 0 atom stereocenters. The van der Waals surface area contributed by atoms with E-state index in [1.165, 1.54) is 21.7 Å². The number of anilines is 1. The number of benzene rings is 2. The van der Waals surface area contributed by atoms with Crippen LogP contribution in [0, 0.1) is 0 Å². The number of hydrogen-bond donors (Lipinski definition) is 1. The number of nitrogens with zero attached hydrogens (tertiary/aromatic N) is 2. The molecule has 1 N–H and O–H groups in total. The fourth-order valence-electron chi connectivity index (χ4n) is 3.26. The Balaban J connectivity index is 1.38. The monoisotopic (exact) mass is 447 g/mol. The Kier molecular flexibility index (Phi) is 4.82. The van der Waals surface area contributed by atoms with Crippen molar-refractivity contribution in [1.82, 2.24) is 9.29 Å². The maximum Gasteiger partial charge on any atom is 0.257 e. The summed E-state index contributed by atoms with van der Waals surface area (Å²) in [5.41, 5.74) is 1.02. The summed E-state index contributed by atoms with van der Waals surface area (Å²) in [4.78, 5) is 17.2. The van der Waals surface area contributed by atoms with Gasteiger partial charge in [-0.15, -0.1) is 0 Å². The molecule has 3 heterocycles. The van der Waals surface area contributed by atoms with Crippen molar-refractivity contribution in [2.75, 3.05) is 38.4 Å². The van der Waals surface area contributed by atoms with Gasteiger partial charge < -0.3 is 14.2 Å². The van der Waals surface area contributed by atoms with Gasteiger partial charge in [-0.05, 0) is 36.4 Å². The number of sulfonamides is 1. The number of aromatic nitrogens is 1. The van der Waals surface area contributed by atoms with Crippen LogP contribution >= 0.6 is 11.3 Å². The molecule has 0 bridgehead atoms. The highest BCUT2D eigenvalue weighted by Crippen LogP contribution is 2.33. The molecule has 30 heavy (non-hydrogen) atoms. The minimum atomic E-state index is -3.60. The van der Waals surface area contributed by atoms with Crippen molar-refractivity contribution >= 4 is 42.6 Å². The van der Waals surface area contributed by atoms with Crippen molar-refractivity contribution < 1.29 is 27.4 Å². The van der Waals surface area contributed by atoms with Crippen LogP contribution in [0.5, 0.6) is 11.5 Å². The first-order valence-corrected chi connectivity index (χ1v) is 11.5. The second kappa shape index (κ2) is 7.51. The Hall–Kier alpha value is -2.73. The molecule has 2 aliphatic rings. The van der Waals surface area contributed by atoms with Gasteiger partial charge in [0.2, 0.25) is 16.8 Å². The van der Waals surface area contributed by atoms with Crippen molar-refractivity contribution in [3.63, 3.8) is 0 Å². The molecule has 0 radical (unpaired) electrons. The molecule has 0 aliphatic carbocycles. The van der Waals surface area contributed by atoms with E-state index in [0.29, 0.717) is 58.7 Å². The van der Waals surface area contributed by atoms with E-state index in [1.807, 2.05) is 0 Å². The SMILES string of the molecule is O=C(Nc1nc2ccc(S(=O)(=O)N3CCOCC3)cc2s1)c1ccc2c(c1)OCO2. The van der Waals surface area contributed by atoms with Gasteiger partial charge >= 0.3 is 0 Å². The first-order chi connectivity index (χ1) is 14.5. The lowest BCUT2D eigenvalue weighted by molar-refractivity contribution is 0.0730. The minimum absolute atomic E-state index is 0.133. The molecule has 1 amide bonds. The van der Waals surface area contributed by atoms with Crippen LogP contribution in [0.15, 0.2) is 41.3 Å². The number of carbonyl (C=O) groups excluding carboxylic acids is 1. The summed E-state index contributed by atoms with van der Waals surface area (Å²) >= 11 is 1.22. The molecule has 11 heteroatoms. The fourth-order valence-corrected chi connectivity index (χ4v) is 5.67. The van der Waals surface area contributed by atoms with E-state index in [4.69, 9.17) is 14.2 Å². The average Bonchev–Trinajstić information content (AvgIpc) is 3.39. The van der Waals surface area contributed by atoms with E-state index in [1.54, 1.807) is 30.3 Å². The Morgan fingerprint density at radius 3 is 2.70 bits per heavy atom. The Morgan fingerprint density at radius 1 is 1.07 bits per heavy atom. The fraction of sp³-hybridized carbons (Fsp3) is 0.263. The average molecular weight is 447 g/mol. The van der Waals surface area contributed by atoms with Gasteiger partial charge in [0.15, 0.2) is 16.6 Å². The van der Waals surface area contributed by atoms with Gasteiger partial charge in [0.25, 0.3) is 5.91 Å². The highest BCUT2D eigenvalue weighted by molar-refractivity contribution is 7.89. The van der Waals surface area contributed by atoms with Crippen LogP contribution < -0.4 is 14.8 Å². The molecule has 0 spiro atoms. The van der Waals surface area contributed by atoms with Gasteiger partial charge in [0, 0.05) is 18.7 Å². The van der Waals surface area contributed by atoms with Crippen LogP contribution in [-0.2, 0) is 14.8 Å². The normalized spacial score (nSPS) is 16.7. The number of thiazole rings is 1. The molecule has 0 unspecified atom stereocenters. The second-order valence-corrected chi connectivity index (χ2v) is 9.66. The zero-order chi connectivity index (χ0) is 20.7. The number of carbonyl (C=O) groups is 1. The van der Waals surface area contributed by atoms with E-state index in [9.17, 15) is 13.2 Å². The van der Waals surface area contributed by atoms with Crippen LogP contribution in [0.4, 0.5) is 5.13 Å². The Morgan fingerprint density at radius 2 is 1.87 bits per heavy atom. The molecule has 3 aromatic rings. The summed E-state index contributed by atoms with van der Waals surface area (Å²) in [5, 5.41) is 3.14. The third-order valence-electron chi connectivity index (χ3n) is 4.82. The van der Waals surface area contributed by atoms with Gasteiger partial charge in [-0.3, -0.25) is 10.1 Å². The number of nitrogens with one attached hydrogen (secondary N) is 1. The smallest absolute Gasteiger partial charge is 0.257 e. The Labute approximate surface area is 176 Å². The lowest BCUT2D eigenvalue weighted by atomic mass is 10.2. The van der Waals surface area contributed by atoms with Crippen molar-refractivity contribution in [1.29, 1.82) is 0 Å². The predicted molar refractivity (Wildman–Crippen MR) is 110 cm³/mol. The highest BCUT2D eigenvalue weighted by Gasteiger charge is 2.27. The number of ether oxygens (including phenoxy) is 3. The van der Waals surface area contributed by atoms with Crippen LogP contribution in [-0.4, -0.2) is 56.7 Å². The topological polar surface area (TPSA) is 107 Å². The van der Waals surface area contributed by atoms with Crippen molar-refractivity contribution in [2.24, 2.45) is 0 Å². The quantitative estimate of drug-likeness (QED) is 0.654. The molecule has 2 aromatic carbocycles. The van der Waals surface area contributed by atoms with Crippen LogP contribution in [0.2, 0.25) is 0 Å². The highest BCUT2D eigenvalue weighted by atomic mass is 32.2. The van der Waals surface area contributed by atoms with E-state index in [-0.39, 0.29) is 17.6 Å². The second-order valence-electron chi connectivity index (χ2n) is 6.69. The molecule has 2 aliphatic heterocycles. The van der Waals surface area contributed by atoms with E-state index in [0.717, 1.165) is 0 Å². The standard InChI is InChI=1S/C19H17N3O6S2/c23-18(12-1-4-15-16(9-12)28-11-27-15)21-19-20-14-3-2-13(10-17(14)29-19)30(24,25)22-5-7-26-8-6-22/h1-4,9-10H,5-8,11H2,(H,20,21,23). The van der Waals surface area contributed by atoms with Gasteiger partial charge in [-0.25, -0.2) is 13.4 Å². The van der Waals surface area contributed by atoms with E-state index < -0.39 is 10.0 Å². The molecule has 0 saturated carbocycles. The number of morpholine rings is 1. The van der Waals surface area contributed by atoms with Crippen LogP contribution in [0.3, 0.4) is 0 Å². The van der Waals surface area contributed by atoms with Gasteiger partial charge in [0.1, 0.15) is 0 Å². The molecule has 1 fully saturated rings. The van der Waals surface area contributed by atoms with E-state index >= 15 is 0 Å². The summed E-state index contributed by atoms with van der Waals surface area (Å²) in [6.07, 6.45) is 0. The lowest BCUT2D eigenvalue weighted by Gasteiger charge is -2.25. The molecule has 156 valence electrons. The first-order valence-electron chi connectivity index (χ1n) is 9.20. The predicted octanol–water partition coefficient (Wildman–Crippen LogP) is 2.30. The first kappa shape index (κ1) is 19.2. The number of fused-ring (bicyclic) bond motifs is 2. The number of rotatable bonds is 4. The summed E-state index contributed by atoms with van der Waals surface area (Å²) in [5.74, 6) is 0.777. The van der Waals surface area contributed by atoms with Gasteiger partial charge in [-0.2, -0.15) is 4.31 Å². The van der Waals surface area contributed by atoms with Gasteiger partial charge in [0.05, 0.1) is 28.3 Å². The molecule has 1 aromatic heterocycles. The number of hydrogen-bond acceptors (Lipinski definition) is 8. The van der Waals surface area contributed by atoms with Crippen LogP contribution in [0.25, 0.3) is 10.2 Å². The Bertz CT molecular complexity index is 1230. The largest absolute Gasteiger partial charge is 0.454 e. The third kappa shape index (κ3) is 3.49. The molecule has 9 nitrogen and oxygen atoms in total. The lowest BCUT2D eigenvalue weighted by Crippen LogP contribution is -2.40. The summed E-state index contributed by atoms with van der Waals surface area (Å²) in [6, 6.07) is 9.71. The van der Waals surface area contributed by atoms with Gasteiger partial charge in [-0.1, -0.05) is 11.3 Å². The van der Waals surface area contributed by atoms with Crippen LogP contribution in [0.1, 0.15) is 10.4 Å². The van der Waals surface area contributed by atoms with Crippen molar-refractivity contribution in [3.8, 4) is 11.5 Å². The zero-order valence-corrected chi connectivity index (χ0v) is 17.3. The minimum Gasteiger partial charge on any atom is -0.454 e. The van der Waals surface area contributed by atoms with Crippen molar-refractivity contribution in [3.05, 3.63) is 42.0 Å². The summed E-state index contributed by atoms with van der Waals surface area (Å²) in [7, 11) is -3.60. The summed E-state index contributed by atoms with van der Waals surface area (Å²) in [6.45, 7) is 1.57. The zero-order valence-electron chi connectivity index (χ0n) is 15.7. The maximum atomic E-state index is 12.9. The number of amides is 1. The van der Waals surface area contributed by atoms with Crippen molar-refractivity contribution in [2.45, 2.75) is 4.90 Å². The van der Waals surface area contributed by atoms with E-state index in [2.05, 4.69) is 10.3 Å². The molecular weight excluding hydrogens is 430 g/mol.